The molecule has 0 saturated carbocycles. The molecular formula is C11H12BNO3S. The fraction of sp³-hybridized carbons (Fsp3) is 0.182. The van der Waals surface area contributed by atoms with Crippen molar-refractivity contribution in [1.82, 2.24) is 5.32 Å². The van der Waals surface area contributed by atoms with Crippen molar-refractivity contribution in [2.75, 3.05) is 0 Å². The average Bonchev–Trinajstić information content (AvgIpc) is 2.75. The number of benzene rings is 1. The number of thiophene rings is 1. The quantitative estimate of drug-likeness (QED) is 0.711. The molecule has 0 unspecified atom stereocenters. The summed E-state index contributed by atoms with van der Waals surface area (Å²) in [5.74, 6) is -1.00. The molecule has 0 radical (unpaired) electrons. The van der Waals surface area contributed by atoms with Gasteiger partial charge in [0.15, 0.2) is 0 Å². The molecule has 0 saturated heterocycles. The van der Waals surface area contributed by atoms with Gasteiger partial charge in [0.25, 0.3) is 5.91 Å². The molecule has 2 rings (SSSR count). The molecule has 88 valence electrons. The molecule has 0 aliphatic heterocycles. The molecule has 6 heteroatoms. The zero-order valence-corrected chi connectivity index (χ0v) is 10.1. The molecule has 0 aliphatic carbocycles. The predicted molar refractivity (Wildman–Crippen MR) is 68.9 cm³/mol. The van der Waals surface area contributed by atoms with Crippen LogP contribution < -0.4 is 5.32 Å². The summed E-state index contributed by atoms with van der Waals surface area (Å²) in [5, 5.41) is 23.3. The van der Waals surface area contributed by atoms with Gasteiger partial charge in [0.2, 0.25) is 0 Å². The molecule has 17 heavy (non-hydrogen) atoms. The van der Waals surface area contributed by atoms with Gasteiger partial charge >= 0.3 is 7.12 Å². The molecule has 3 N–H and O–H groups in total. The van der Waals surface area contributed by atoms with Crippen molar-refractivity contribution < 1.29 is 14.8 Å². The lowest BCUT2D eigenvalue weighted by Crippen LogP contribution is -2.44. The van der Waals surface area contributed by atoms with Crippen LogP contribution in [0.5, 0.6) is 0 Å². The Bertz CT molecular complexity index is 540. The summed E-state index contributed by atoms with van der Waals surface area (Å²) < 4.78 is 1.12. The summed E-state index contributed by atoms with van der Waals surface area (Å²) in [4.78, 5) is 11.8. The molecule has 0 bridgehead atoms. The van der Waals surface area contributed by atoms with Crippen molar-refractivity contribution in [3.05, 3.63) is 35.2 Å². The van der Waals surface area contributed by atoms with Crippen LogP contribution in [0, 0.1) is 0 Å². The van der Waals surface area contributed by atoms with Crippen LogP contribution in [0.3, 0.4) is 0 Å². The van der Waals surface area contributed by atoms with Crippen LogP contribution in [0.4, 0.5) is 0 Å². The number of amides is 1. The number of hydrogen-bond acceptors (Lipinski definition) is 4. The molecule has 1 aromatic carbocycles. The van der Waals surface area contributed by atoms with E-state index in [1.54, 1.807) is 23.5 Å². The van der Waals surface area contributed by atoms with Crippen LogP contribution in [0.15, 0.2) is 29.6 Å². The summed E-state index contributed by atoms with van der Waals surface area (Å²) in [5.41, 5.74) is 0.517. The molecule has 0 fully saturated rings. The predicted octanol–water partition coefficient (Wildman–Crippen LogP) is 1.03. The van der Waals surface area contributed by atoms with E-state index >= 15 is 0 Å². The van der Waals surface area contributed by atoms with Gasteiger partial charge in [0, 0.05) is 10.3 Å². The molecule has 0 aliphatic rings. The second-order valence-corrected chi connectivity index (χ2v) is 4.80. The van der Waals surface area contributed by atoms with E-state index < -0.39 is 13.1 Å². The standard InChI is InChI=1S/C11H12BNO3S/c1-7(12(15)16)13-11(14)9-2-3-10-8(6-9)4-5-17-10/h2-7,15-16H,1H3,(H,13,14)/t7-/m1/s1. The van der Waals surface area contributed by atoms with Crippen LogP contribution in [-0.2, 0) is 0 Å². The lowest BCUT2D eigenvalue weighted by Gasteiger charge is -2.12. The molecule has 2 aromatic rings. The van der Waals surface area contributed by atoms with Gasteiger partial charge in [0.1, 0.15) is 0 Å². The largest absolute Gasteiger partial charge is 0.475 e. The van der Waals surface area contributed by atoms with E-state index in [0.29, 0.717) is 5.56 Å². The number of hydrogen-bond donors (Lipinski definition) is 3. The first-order valence-corrected chi connectivity index (χ1v) is 6.10. The van der Waals surface area contributed by atoms with E-state index in [-0.39, 0.29) is 5.91 Å². The molecule has 0 spiro atoms. The van der Waals surface area contributed by atoms with Crippen molar-refractivity contribution in [2.24, 2.45) is 0 Å². The highest BCUT2D eigenvalue weighted by Gasteiger charge is 2.20. The van der Waals surface area contributed by atoms with Gasteiger partial charge in [0.05, 0.1) is 5.94 Å². The van der Waals surface area contributed by atoms with Crippen LogP contribution in [-0.4, -0.2) is 29.0 Å². The van der Waals surface area contributed by atoms with Crippen LogP contribution >= 0.6 is 11.3 Å². The van der Waals surface area contributed by atoms with Crippen molar-refractivity contribution >= 4 is 34.4 Å². The molecular weight excluding hydrogens is 237 g/mol. The van der Waals surface area contributed by atoms with Crippen molar-refractivity contribution in [3.8, 4) is 0 Å². The SMILES string of the molecule is C[C@@H](NC(=O)c1ccc2sccc2c1)B(O)O. The number of nitrogens with one attached hydrogen (secondary N) is 1. The highest BCUT2D eigenvalue weighted by molar-refractivity contribution is 7.17. The molecule has 1 amide bonds. The lowest BCUT2D eigenvalue weighted by atomic mass is 9.81. The third kappa shape index (κ3) is 2.66. The Balaban J connectivity index is 2.18. The smallest absolute Gasteiger partial charge is 0.426 e. The number of carbonyl (C=O) groups is 1. The van der Waals surface area contributed by atoms with Gasteiger partial charge in [-0.05, 0) is 42.0 Å². The molecule has 1 atom stereocenters. The van der Waals surface area contributed by atoms with E-state index in [4.69, 9.17) is 10.0 Å². The summed E-state index contributed by atoms with van der Waals surface area (Å²) in [6.07, 6.45) is 0. The molecule has 4 nitrogen and oxygen atoms in total. The van der Waals surface area contributed by atoms with Crippen LogP contribution in [0.2, 0.25) is 0 Å². The fourth-order valence-corrected chi connectivity index (χ4v) is 2.24. The van der Waals surface area contributed by atoms with Gasteiger partial charge in [-0.2, -0.15) is 0 Å². The maximum atomic E-state index is 11.8. The first-order valence-electron chi connectivity index (χ1n) is 5.22. The average molecular weight is 249 g/mol. The van der Waals surface area contributed by atoms with E-state index in [9.17, 15) is 4.79 Å². The maximum absolute atomic E-state index is 11.8. The Morgan fingerprint density at radius 3 is 2.88 bits per heavy atom. The van der Waals surface area contributed by atoms with Crippen LogP contribution in [0.25, 0.3) is 10.1 Å². The summed E-state index contributed by atoms with van der Waals surface area (Å²) in [7, 11) is -1.55. The normalized spacial score (nSPS) is 12.4. The molecule has 1 aromatic heterocycles. The van der Waals surface area contributed by atoms with Crippen molar-refractivity contribution in [2.45, 2.75) is 12.9 Å². The van der Waals surface area contributed by atoms with Gasteiger partial charge < -0.3 is 15.4 Å². The third-order valence-corrected chi connectivity index (χ3v) is 3.42. The second kappa shape index (κ2) is 4.87. The minimum absolute atomic E-state index is 0.307. The van der Waals surface area contributed by atoms with E-state index in [2.05, 4.69) is 5.32 Å². The fourth-order valence-electron chi connectivity index (χ4n) is 1.47. The summed E-state index contributed by atoms with van der Waals surface area (Å²) >= 11 is 1.61. The Kier molecular flexibility index (Phi) is 3.47. The minimum Gasteiger partial charge on any atom is -0.426 e. The van der Waals surface area contributed by atoms with Gasteiger partial charge in [-0.15, -0.1) is 11.3 Å². The summed E-state index contributed by atoms with van der Waals surface area (Å²) in [6.45, 7) is 1.53. The maximum Gasteiger partial charge on any atom is 0.475 e. The minimum atomic E-state index is -1.55. The first-order chi connectivity index (χ1) is 8.08. The van der Waals surface area contributed by atoms with Crippen LogP contribution in [0.1, 0.15) is 17.3 Å². The van der Waals surface area contributed by atoms with Gasteiger partial charge in [-0.1, -0.05) is 0 Å². The lowest BCUT2D eigenvalue weighted by molar-refractivity contribution is 0.0945. The third-order valence-electron chi connectivity index (χ3n) is 2.52. The zero-order valence-electron chi connectivity index (χ0n) is 9.25. The van der Waals surface area contributed by atoms with E-state index in [0.717, 1.165) is 10.1 Å². The Labute approximate surface area is 103 Å². The first kappa shape index (κ1) is 12.1. The Morgan fingerprint density at radius 2 is 2.18 bits per heavy atom. The number of carbonyl (C=O) groups excluding carboxylic acids is 1. The Hall–Kier alpha value is -1.37. The molecule has 1 heterocycles. The van der Waals surface area contributed by atoms with E-state index in [1.807, 2.05) is 17.5 Å². The monoisotopic (exact) mass is 249 g/mol. The van der Waals surface area contributed by atoms with Gasteiger partial charge in [-0.25, -0.2) is 0 Å². The Morgan fingerprint density at radius 1 is 1.41 bits per heavy atom. The zero-order chi connectivity index (χ0) is 12.4. The van der Waals surface area contributed by atoms with Gasteiger partial charge in [-0.3, -0.25) is 4.79 Å². The number of rotatable bonds is 3. The summed E-state index contributed by atoms with van der Waals surface area (Å²) in [6, 6.07) is 7.35. The van der Waals surface area contributed by atoms with Crippen molar-refractivity contribution in [1.29, 1.82) is 0 Å². The van der Waals surface area contributed by atoms with Crippen molar-refractivity contribution in [3.63, 3.8) is 0 Å². The highest BCUT2D eigenvalue weighted by Crippen LogP contribution is 2.21. The second-order valence-electron chi connectivity index (χ2n) is 3.85. The highest BCUT2D eigenvalue weighted by atomic mass is 32.1. The van der Waals surface area contributed by atoms with E-state index in [1.165, 1.54) is 6.92 Å². The topological polar surface area (TPSA) is 69.6 Å². The number of fused-ring (bicyclic) bond motifs is 1.